The summed E-state index contributed by atoms with van der Waals surface area (Å²) in [4.78, 5) is 11.8. The lowest BCUT2D eigenvalue weighted by molar-refractivity contribution is -0.116. The number of nitrogens with one attached hydrogen (secondary N) is 1. The van der Waals surface area contributed by atoms with E-state index in [9.17, 15) is 13.2 Å². The molecular formula is C11H7NO3S. The highest BCUT2D eigenvalue weighted by atomic mass is 32.2. The molecule has 0 fully saturated rings. The molecule has 5 heteroatoms. The summed E-state index contributed by atoms with van der Waals surface area (Å²) in [6.45, 7) is 0. The molecule has 1 atom stereocenters. The monoisotopic (exact) mass is 233 g/mol. The van der Waals surface area contributed by atoms with Gasteiger partial charge in [0.2, 0.25) is 16.2 Å². The van der Waals surface area contributed by atoms with Crippen LogP contribution in [0.3, 0.4) is 0 Å². The van der Waals surface area contributed by atoms with Gasteiger partial charge >= 0.3 is 0 Å². The number of carbonyl (C=O) groups is 1. The van der Waals surface area contributed by atoms with E-state index < -0.39 is 10.3 Å². The second-order valence-electron chi connectivity index (χ2n) is 3.69. The fourth-order valence-electron chi connectivity index (χ4n) is 2.17. The van der Waals surface area contributed by atoms with Crippen molar-refractivity contribution in [1.29, 1.82) is 0 Å². The van der Waals surface area contributed by atoms with Crippen LogP contribution in [0, 0.1) is 0 Å². The third kappa shape index (κ3) is 1.09. The molecule has 0 aromatic heterocycles. The molecule has 1 heterocycles. The summed E-state index contributed by atoms with van der Waals surface area (Å²) < 4.78 is 22.1. The minimum atomic E-state index is -2.28. The third-order valence-corrected chi connectivity index (χ3v) is 3.56. The van der Waals surface area contributed by atoms with E-state index >= 15 is 0 Å². The molecule has 1 aromatic rings. The Morgan fingerprint density at radius 1 is 1.25 bits per heavy atom. The Kier molecular flexibility index (Phi) is 1.79. The number of benzene rings is 1. The van der Waals surface area contributed by atoms with Crippen LogP contribution in [-0.2, 0) is 15.1 Å². The van der Waals surface area contributed by atoms with E-state index in [0.29, 0.717) is 11.3 Å². The van der Waals surface area contributed by atoms with Crippen molar-refractivity contribution >= 4 is 26.8 Å². The van der Waals surface area contributed by atoms with Crippen molar-refractivity contribution in [3.63, 3.8) is 0 Å². The summed E-state index contributed by atoms with van der Waals surface area (Å²) in [5.41, 5.74) is 2.10. The number of rotatable bonds is 0. The molecule has 1 aliphatic carbocycles. The normalized spacial score (nSPS) is 20.6. The zero-order valence-corrected chi connectivity index (χ0v) is 8.91. The molecule has 1 N–H and O–H groups in total. The molecular weight excluding hydrogens is 226 g/mol. The quantitative estimate of drug-likeness (QED) is 0.671. The van der Waals surface area contributed by atoms with E-state index in [1.165, 1.54) is 6.08 Å². The van der Waals surface area contributed by atoms with Gasteiger partial charge in [-0.2, -0.15) is 8.42 Å². The molecule has 0 spiro atoms. The lowest BCUT2D eigenvalue weighted by Crippen LogP contribution is -2.15. The topological polar surface area (TPSA) is 63.2 Å². The standard InChI is InChI=1S/C11H7NO3S/c13-11-7-4-5-9(16(14)15)6-2-1-3-8(12-11)10(6)7/h1-5,7H,(H,12,13). The fraction of sp³-hybridized carbons (Fsp3) is 0.0909. The average molecular weight is 233 g/mol. The van der Waals surface area contributed by atoms with Gasteiger partial charge in [-0.05, 0) is 12.1 Å². The van der Waals surface area contributed by atoms with Crippen LogP contribution in [0.25, 0.3) is 0 Å². The third-order valence-electron chi connectivity index (χ3n) is 2.84. The molecule has 0 saturated carbocycles. The largest absolute Gasteiger partial charge is 0.325 e. The maximum Gasteiger partial charge on any atom is 0.235 e. The molecule has 2 aliphatic rings. The highest BCUT2D eigenvalue weighted by Crippen LogP contribution is 2.38. The van der Waals surface area contributed by atoms with Crippen molar-refractivity contribution in [1.82, 2.24) is 0 Å². The van der Waals surface area contributed by atoms with Gasteiger partial charge in [0.15, 0.2) is 0 Å². The van der Waals surface area contributed by atoms with Crippen LogP contribution in [0.15, 0.2) is 30.4 Å². The number of carbonyl (C=O) groups excluding carboxylic acids is 1. The summed E-state index contributed by atoms with van der Waals surface area (Å²) in [6.07, 6.45) is 3.12. The predicted molar refractivity (Wildman–Crippen MR) is 60.0 cm³/mol. The second-order valence-corrected chi connectivity index (χ2v) is 4.60. The van der Waals surface area contributed by atoms with Crippen LogP contribution in [0.2, 0.25) is 0 Å². The van der Waals surface area contributed by atoms with Gasteiger partial charge in [-0.1, -0.05) is 18.2 Å². The molecule has 0 radical (unpaired) electrons. The maximum atomic E-state index is 11.6. The van der Waals surface area contributed by atoms with Gasteiger partial charge in [-0.25, -0.2) is 0 Å². The van der Waals surface area contributed by atoms with Gasteiger partial charge in [0.05, 0.1) is 5.92 Å². The Morgan fingerprint density at radius 3 is 2.81 bits per heavy atom. The van der Waals surface area contributed by atoms with Gasteiger partial charge in [0.25, 0.3) is 0 Å². The minimum absolute atomic E-state index is 0.102. The van der Waals surface area contributed by atoms with Crippen molar-refractivity contribution in [2.45, 2.75) is 5.92 Å². The Bertz CT molecular complexity index is 662. The van der Waals surface area contributed by atoms with Gasteiger partial charge in [-0.15, -0.1) is 0 Å². The van der Waals surface area contributed by atoms with E-state index in [1.807, 2.05) is 0 Å². The first kappa shape index (κ1) is 9.35. The smallest absolute Gasteiger partial charge is 0.235 e. The van der Waals surface area contributed by atoms with Crippen LogP contribution in [0.5, 0.6) is 0 Å². The lowest BCUT2D eigenvalue weighted by atomic mass is 9.89. The van der Waals surface area contributed by atoms with Crippen molar-refractivity contribution < 1.29 is 13.2 Å². The number of allylic oxidation sites excluding steroid dienone is 1. The molecule has 4 nitrogen and oxygen atoms in total. The highest BCUT2D eigenvalue weighted by Gasteiger charge is 2.34. The van der Waals surface area contributed by atoms with Crippen molar-refractivity contribution in [3.8, 4) is 0 Å². The number of hydrogen-bond donors (Lipinski definition) is 1. The molecule has 1 unspecified atom stereocenters. The molecule has 1 aliphatic heterocycles. The van der Waals surface area contributed by atoms with E-state index in [-0.39, 0.29) is 16.7 Å². The van der Waals surface area contributed by atoms with Gasteiger partial charge in [0.1, 0.15) is 4.86 Å². The molecule has 16 heavy (non-hydrogen) atoms. The summed E-state index contributed by atoms with van der Waals surface area (Å²) in [6, 6.07) is 5.24. The number of amides is 1. The van der Waals surface area contributed by atoms with Crippen LogP contribution < -0.4 is 5.32 Å². The van der Waals surface area contributed by atoms with E-state index in [1.54, 1.807) is 24.3 Å². The first-order chi connectivity index (χ1) is 7.68. The van der Waals surface area contributed by atoms with E-state index in [0.717, 1.165) is 5.56 Å². The summed E-state index contributed by atoms with van der Waals surface area (Å²) in [5, 5.41) is 2.73. The van der Waals surface area contributed by atoms with Crippen molar-refractivity contribution in [3.05, 3.63) is 41.5 Å². The first-order valence-electron chi connectivity index (χ1n) is 4.77. The van der Waals surface area contributed by atoms with Crippen LogP contribution >= 0.6 is 0 Å². The first-order valence-corrected chi connectivity index (χ1v) is 5.84. The molecule has 0 saturated heterocycles. The van der Waals surface area contributed by atoms with Crippen molar-refractivity contribution in [2.24, 2.45) is 0 Å². The maximum absolute atomic E-state index is 11.6. The Labute approximate surface area is 93.1 Å². The molecule has 80 valence electrons. The fourth-order valence-corrected chi connectivity index (χ4v) is 2.72. The van der Waals surface area contributed by atoms with Crippen LogP contribution in [0.4, 0.5) is 5.69 Å². The minimum Gasteiger partial charge on any atom is -0.325 e. The summed E-state index contributed by atoms with van der Waals surface area (Å²) >= 11 is 0. The number of anilines is 1. The highest BCUT2D eigenvalue weighted by molar-refractivity contribution is 7.73. The zero-order chi connectivity index (χ0) is 11.3. The van der Waals surface area contributed by atoms with Crippen LogP contribution in [-0.4, -0.2) is 19.2 Å². The number of hydrogen-bond acceptors (Lipinski definition) is 3. The summed E-state index contributed by atoms with van der Waals surface area (Å²) in [7, 11) is -2.28. The predicted octanol–water partition coefficient (Wildman–Crippen LogP) is 0.692. The molecule has 3 rings (SSSR count). The van der Waals surface area contributed by atoms with Crippen molar-refractivity contribution in [2.75, 3.05) is 5.32 Å². The Morgan fingerprint density at radius 2 is 2.06 bits per heavy atom. The molecule has 0 bridgehead atoms. The summed E-state index contributed by atoms with van der Waals surface area (Å²) in [5.74, 6) is -0.451. The average Bonchev–Trinajstić information content (AvgIpc) is 2.58. The zero-order valence-electron chi connectivity index (χ0n) is 8.10. The second kappa shape index (κ2) is 3.05. The Balaban J connectivity index is 2.42. The van der Waals surface area contributed by atoms with Gasteiger partial charge in [0, 0.05) is 16.8 Å². The van der Waals surface area contributed by atoms with Crippen LogP contribution in [0.1, 0.15) is 17.0 Å². The Hall–Kier alpha value is -1.88. The lowest BCUT2D eigenvalue weighted by Gasteiger charge is -2.13. The van der Waals surface area contributed by atoms with E-state index in [2.05, 4.69) is 5.32 Å². The molecule has 1 aromatic carbocycles. The van der Waals surface area contributed by atoms with Gasteiger partial charge in [-0.3, -0.25) is 4.79 Å². The molecule has 1 amide bonds. The SMILES string of the molecule is O=C1Nc2cccc3c2C1C=CC3=S(=O)=O. The van der Waals surface area contributed by atoms with Gasteiger partial charge < -0.3 is 5.32 Å². The van der Waals surface area contributed by atoms with E-state index in [4.69, 9.17) is 0 Å².